The van der Waals surface area contributed by atoms with Crippen LogP contribution in [0.1, 0.15) is 22.9 Å². The van der Waals surface area contributed by atoms with Gasteiger partial charge in [0.25, 0.3) is 0 Å². The lowest BCUT2D eigenvalue weighted by molar-refractivity contribution is 0.408. The summed E-state index contributed by atoms with van der Waals surface area (Å²) in [5.41, 5.74) is 8.98. The summed E-state index contributed by atoms with van der Waals surface area (Å²) < 4.78 is 5.31. The topological polar surface area (TPSA) is 48.1 Å². The summed E-state index contributed by atoms with van der Waals surface area (Å²) in [5, 5.41) is 0.640. The number of ether oxygens (including phenoxy) is 1. The number of nitrogens with zero attached hydrogens (tertiary/aromatic N) is 1. The van der Waals surface area contributed by atoms with Gasteiger partial charge in [-0.05, 0) is 36.8 Å². The van der Waals surface area contributed by atoms with Crippen molar-refractivity contribution in [2.75, 3.05) is 7.11 Å². The minimum atomic E-state index is -0.299. The molecule has 1 aromatic heterocycles. The molecule has 0 fully saturated rings. The van der Waals surface area contributed by atoms with Crippen LogP contribution in [0.15, 0.2) is 36.5 Å². The van der Waals surface area contributed by atoms with Crippen LogP contribution in [0.4, 0.5) is 0 Å². The van der Waals surface area contributed by atoms with E-state index in [2.05, 4.69) is 4.98 Å². The first-order valence-corrected chi connectivity index (χ1v) is 6.01. The fourth-order valence-electron chi connectivity index (χ4n) is 1.79. The summed E-state index contributed by atoms with van der Waals surface area (Å²) >= 11 is 6.00. The van der Waals surface area contributed by atoms with E-state index in [1.165, 1.54) is 0 Å². The molecule has 94 valence electrons. The minimum absolute atomic E-state index is 0.299. The number of aryl methyl sites for hydroxylation is 1. The fraction of sp³-hybridized carbons (Fsp3) is 0.214. The van der Waals surface area contributed by atoms with Crippen LogP contribution in [0.25, 0.3) is 0 Å². The maximum absolute atomic E-state index is 6.23. The highest BCUT2D eigenvalue weighted by Crippen LogP contribution is 2.30. The van der Waals surface area contributed by atoms with Crippen molar-refractivity contribution in [3.05, 3.63) is 58.4 Å². The molecule has 0 aliphatic heterocycles. The molecular weight excluding hydrogens is 248 g/mol. The molecule has 4 heteroatoms. The number of hydrogen-bond acceptors (Lipinski definition) is 3. The van der Waals surface area contributed by atoms with Crippen LogP contribution in [0.5, 0.6) is 5.75 Å². The summed E-state index contributed by atoms with van der Waals surface area (Å²) in [6.07, 6.45) is 1.78. The van der Waals surface area contributed by atoms with Crippen molar-refractivity contribution in [3.63, 3.8) is 0 Å². The highest BCUT2D eigenvalue weighted by molar-refractivity contribution is 6.30. The van der Waals surface area contributed by atoms with Crippen LogP contribution < -0.4 is 10.5 Å². The Bertz CT molecular complexity index is 540. The van der Waals surface area contributed by atoms with Gasteiger partial charge in [0.1, 0.15) is 5.75 Å². The Morgan fingerprint density at radius 2 is 2.06 bits per heavy atom. The standard InChI is InChI=1S/C14H15ClN2O/c1-9-3-4-10(8-17-9)14(16)12-7-11(15)5-6-13(12)18-2/h3-8,14H,16H2,1-2H3. The quantitative estimate of drug-likeness (QED) is 0.925. The average Bonchev–Trinajstić information content (AvgIpc) is 2.39. The molecule has 0 spiro atoms. The van der Waals surface area contributed by atoms with Crippen LogP contribution in [-0.2, 0) is 0 Å². The maximum Gasteiger partial charge on any atom is 0.124 e. The van der Waals surface area contributed by atoms with E-state index in [9.17, 15) is 0 Å². The van der Waals surface area contributed by atoms with Crippen molar-refractivity contribution in [2.24, 2.45) is 5.73 Å². The van der Waals surface area contributed by atoms with Gasteiger partial charge in [0.05, 0.1) is 13.2 Å². The van der Waals surface area contributed by atoms with Gasteiger partial charge in [0.2, 0.25) is 0 Å². The molecule has 1 unspecified atom stereocenters. The molecule has 0 bridgehead atoms. The average molecular weight is 263 g/mol. The van der Waals surface area contributed by atoms with Gasteiger partial charge in [-0.3, -0.25) is 4.98 Å². The summed E-state index contributed by atoms with van der Waals surface area (Å²) in [6.45, 7) is 1.94. The van der Waals surface area contributed by atoms with Crippen molar-refractivity contribution in [1.29, 1.82) is 0 Å². The van der Waals surface area contributed by atoms with Gasteiger partial charge < -0.3 is 10.5 Å². The molecule has 0 aliphatic rings. The van der Waals surface area contributed by atoms with Crippen molar-refractivity contribution < 1.29 is 4.74 Å². The molecule has 1 aromatic carbocycles. The van der Waals surface area contributed by atoms with E-state index in [0.29, 0.717) is 5.02 Å². The molecule has 0 amide bonds. The van der Waals surface area contributed by atoms with Crippen LogP contribution >= 0.6 is 11.6 Å². The van der Waals surface area contributed by atoms with Crippen molar-refractivity contribution in [2.45, 2.75) is 13.0 Å². The molecule has 2 N–H and O–H groups in total. The molecule has 0 radical (unpaired) electrons. The molecule has 0 saturated heterocycles. The molecule has 3 nitrogen and oxygen atoms in total. The predicted molar refractivity (Wildman–Crippen MR) is 73.0 cm³/mol. The zero-order chi connectivity index (χ0) is 13.1. The first-order chi connectivity index (χ1) is 8.61. The Balaban J connectivity index is 2.41. The zero-order valence-electron chi connectivity index (χ0n) is 10.4. The van der Waals surface area contributed by atoms with Crippen LogP contribution in [-0.4, -0.2) is 12.1 Å². The fourth-order valence-corrected chi connectivity index (χ4v) is 1.97. The van der Waals surface area contributed by atoms with E-state index >= 15 is 0 Å². The first-order valence-electron chi connectivity index (χ1n) is 5.63. The molecule has 2 rings (SSSR count). The van der Waals surface area contributed by atoms with Gasteiger partial charge >= 0.3 is 0 Å². The molecule has 18 heavy (non-hydrogen) atoms. The number of methoxy groups -OCH3 is 1. The van der Waals surface area contributed by atoms with Crippen molar-refractivity contribution >= 4 is 11.6 Å². The van der Waals surface area contributed by atoms with E-state index < -0.39 is 0 Å². The summed E-state index contributed by atoms with van der Waals surface area (Å²) in [5.74, 6) is 0.729. The third kappa shape index (κ3) is 2.63. The monoisotopic (exact) mass is 262 g/mol. The van der Waals surface area contributed by atoms with Gasteiger partial charge in [0.15, 0.2) is 0 Å². The highest BCUT2D eigenvalue weighted by Gasteiger charge is 2.14. The van der Waals surface area contributed by atoms with Crippen LogP contribution in [0.3, 0.4) is 0 Å². The third-order valence-electron chi connectivity index (χ3n) is 2.82. The number of rotatable bonds is 3. The van der Waals surface area contributed by atoms with E-state index in [-0.39, 0.29) is 6.04 Å². The lowest BCUT2D eigenvalue weighted by Gasteiger charge is -2.16. The smallest absolute Gasteiger partial charge is 0.124 e. The predicted octanol–water partition coefficient (Wildman–Crippen LogP) is 3.10. The molecule has 1 heterocycles. The van der Waals surface area contributed by atoms with Gasteiger partial charge in [-0.1, -0.05) is 17.7 Å². The van der Waals surface area contributed by atoms with Crippen LogP contribution in [0.2, 0.25) is 5.02 Å². The van der Waals surface area contributed by atoms with E-state index in [1.807, 2.05) is 31.2 Å². The van der Waals surface area contributed by atoms with E-state index in [0.717, 1.165) is 22.6 Å². The molecule has 0 aliphatic carbocycles. The number of aromatic nitrogens is 1. The number of hydrogen-bond donors (Lipinski definition) is 1. The minimum Gasteiger partial charge on any atom is -0.496 e. The van der Waals surface area contributed by atoms with Gasteiger partial charge in [0, 0.05) is 22.5 Å². The van der Waals surface area contributed by atoms with E-state index in [1.54, 1.807) is 19.4 Å². The third-order valence-corrected chi connectivity index (χ3v) is 3.06. The Kier molecular flexibility index (Phi) is 3.84. The Labute approximate surface area is 112 Å². The van der Waals surface area contributed by atoms with Gasteiger partial charge in [-0.15, -0.1) is 0 Å². The molecule has 1 atom stereocenters. The van der Waals surface area contributed by atoms with Gasteiger partial charge in [-0.2, -0.15) is 0 Å². The summed E-state index contributed by atoms with van der Waals surface area (Å²) in [6, 6.07) is 9.03. The lowest BCUT2D eigenvalue weighted by atomic mass is 10.00. The number of pyridine rings is 1. The Morgan fingerprint density at radius 1 is 1.28 bits per heavy atom. The number of nitrogens with two attached hydrogens (primary N) is 1. The van der Waals surface area contributed by atoms with E-state index in [4.69, 9.17) is 22.1 Å². The number of benzene rings is 1. The second kappa shape index (κ2) is 5.38. The lowest BCUT2D eigenvalue weighted by Crippen LogP contribution is -2.13. The molecule has 0 saturated carbocycles. The van der Waals surface area contributed by atoms with Crippen molar-refractivity contribution in [3.8, 4) is 5.75 Å². The Hall–Kier alpha value is -1.58. The second-order valence-corrected chi connectivity index (χ2v) is 4.53. The SMILES string of the molecule is COc1ccc(Cl)cc1C(N)c1ccc(C)nc1. The summed E-state index contributed by atoms with van der Waals surface area (Å²) in [7, 11) is 1.62. The van der Waals surface area contributed by atoms with Gasteiger partial charge in [-0.25, -0.2) is 0 Å². The second-order valence-electron chi connectivity index (χ2n) is 4.10. The number of halogens is 1. The largest absolute Gasteiger partial charge is 0.496 e. The van der Waals surface area contributed by atoms with Crippen molar-refractivity contribution in [1.82, 2.24) is 4.98 Å². The zero-order valence-corrected chi connectivity index (χ0v) is 11.1. The highest BCUT2D eigenvalue weighted by atomic mass is 35.5. The first kappa shape index (κ1) is 12.9. The molecular formula is C14H15ClN2O. The summed E-state index contributed by atoms with van der Waals surface area (Å²) in [4.78, 5) is 4.25. The van der Waals surface area contributed by atoms with Crippen LogP contribution in [0, 0.1) is 6.92 Å². The maximum atomic E-state index is 6.23. The normalized spacial score (nSPS) is 12.2. The molecule has 2 aromatic rings. The Morgan fingerprint density at radius 3 is 2.67 bits per heavy atom.